The quantitative estimate of drug-likeness (QED) is 0.597. The van der Waals surface area contributed by atoms with Crippen LogP contribution in [0.2, 0.25) is 0 Å². The lowest BCUT2D eigenvalue weighted by Crippen LogP contribution is -2.31. The molecule has 2 heterocycles. The van der Waals surface area contributed by atoms with E-state index < -0.39 is 6.03 Å². The Balaban J connectivity index is 1.70. The van der Waals surface area contributed by atoms with Crippen LogP contribution in [0, 0.1) is 0 Å². The number of methoxy groups -OCH3 is 1. The second-order valence-electron chi connectivity index (χ2n) is 5.85. The summed E-state index contributed by atoms with van der Waals surface area (Å²) in [6.07, 6.45) is 1.76. The summed E-state index contributed by atoms with van der Waals surface area (Å²) in [5.41, 5.74) is 6.70. The van der Waals surface area contributed by atoms with Crippen molar-refractivity contribution in [2.75, 3.05) is 20.2 Å². The van der Waals surface area contributed by atoms with Crippen LogP contribution in [0.3, 0.4) is 0 Å². The molecule has 2 N–H and O–H groups in total. The van der Waals surface area contributed by atoms with Gasteiger partial charge in [-0.1, -0.05) is 6.58 Å². The van der Waals surface area contributed by atoms with E-state index in [-0.39, 0.29) is 12.5 Å². The molecule has 8 heteroatoms. The smallest absolute Gasteiger partial charge is 0.352 e. The zero-order valence-corrected chi connectivity index (χ0v) is 14.9. The number of urea groups is 1. The highest BCUT2D eigenvalue weighted by atomic mass is 16.5. The maximum atomic E-state index is 12.3. The molecule has 27 heavy (non-hydrogen) atoms. The van der Waals surface area contributed by atoms with E-state index in [0.717, 1.165) is 21.2 Å². The van der Waals surface area contributed by atoms with Crippen LogP contribution in [0.25, 0.3) is 11.3 Å². The molecule has 0 atom stereocenters. The summed E-state index contributed by atoms with van der Waals surface area (Å²) in [7, 11) is 1.60. The van der Waals surface area contributed by atoms with Crippen molar-refractivity contribution in [3.63, 3.8) is 0 Å². The van der Waals surface area contributed by atoms with Gasteiger partial charge in [-0.25, -0.2) is 14.7 Å². The molecule has 1 aromatic heterocycles. The molecule has 1 aliphatic rings. The first-order valence-corrected chi connectivity index (χ1v) is 8.34. The van der Waals surface area contributed by atoms with Crippen LogP contribution in [-0.2, 0) is 4.79 Å². The molecule has 0 saturated carbocycles. The molecule has 1 aliphatic heterocycles. The third kappa shape index (κ3) is 3.90. The molecule has 1 saturated heterocycles. The molecule has 0 radical (unpaired) electrons. The first kappa shape index (κ1) is 18.4. The molecule has 140 valence electrons. The van der Waals surface area contributed by atoms with Crippen molar-refractivity contribution in [1.29, 1.82) is 0 Å². The highest BCUT2D eigenvalue weighted by Gasteiger charge is 2.37. The van der Waals surface area contributed by atoms with Crippen molar-refractivity contribution in [3.8, 4) is 17.1 Å². The topological polar surface area (TPSA) is 101 Å². The standard InChI is InChI=1S/C19H20N4O4/c1-13(9-10-20)23-18(24)12-22(19(23)25)21-11-16-7-8-17(27-16)14-3-5-15(26-2)6-4-14/h3-8,11H,1,9-10,12,20H2,2H3/b21-11+. The predicted octanol–water partition coefficient (Wildman–Crippen LogP) is 2.42. The number of nitrogens with two attached hydrogens (primary N) is 1. The van der Waals surface area contributed by atoms with Crippen LogP contribution in [0.1, 0.15) is 12.2 Å². The molecular formula is C19H20N4O4. The Kier molecular flexibility index (Phi) is 5.37. The third-order valence-electron chi connectivity index (χ3n) is 4.02. The van der Waals surface area contributed by atoms with Crippen LogP contribution >= 0.6 is 0 Å². The van der Waals surface area contributed by atoms with E-state index in [4.69, 9.17) is 14.9 Å². The van der Waals surface area contributed by atoms with Crippen molar-refractivity contribution in [2.45, 2.75) is 6.42 Å². The highest BCUT2D eigenvalue weighted by molar-refractivity contribution is 6.03. The van der Waals surface area contributed by atoms with Crippen LogP contribution < -0.4 is 10.5 Å². The Hall–Kier alpha value is -3.39. The van der Waals surface area contributed by atoms with E-state index in [1.54, 1.807) is 19.2 Å². The zero-order valence-electron chi connectivity index (χ0n) is 14.9. The van der Waals surface area contributed by atoms with Gasteiger partial charge in [0.05, 0.1) is 13.3 Å². The highest BCUT2D eigenvalue weighted by Crippen LogP contribution is 2.24. The van der Waals surface area contributed by atoms with Crippen LogP contribution in [-0.4, -0.2) is 48.3 Å². The lowest BCUT2D eigenvalue weighted by atomic mass is 10.2. The summed E-state index contributed by atoms with van der Waals surface area (Å²) in [6, 6.07) is 10.4. The van der Waals surface area contributed by atoms with Gasteiger partial charge in [-0.15, -0.1) is 0 Å². The van der Waals surface area contributed by atoms with Gasteiger partial charge in [0, 0.05) is 11.3 Å². The van der Waals surface area contributed by atoms with E-state index in [9.17, 15) is 9.59 Å². The summed E-state index contributed by atoms with van der Waals surface area (Å²) >= 11 is 0. The van der Waals surface area contributed by atoms with Gasteiger partial charge >= 0.3 is 6.03 Å². The van der Waals surface area contributed by atoms with Crippen molar-refractivity contribution in [1.82, 2.24) is 9.91 Å². The summed E-state index contributed by atoms with van der Waals surface area (Å²) in [5.74, 6) is 1.49. The van der Waals surface area contributed by atoms with E-state index in [0.29, 0.717) is 30.2 Å². The lowest BCUT2D eigenvalue weighted by Gasteiger charge is -2.15. The fourth-order valence-electron chi connectivity index (χ4n) is 2.63. The van der Waals surface area contributed by atoms with Crippen LogP contribution in [0.4, 0.5) is 4.79 Å². The third-order valence-corrected chi connectivity index (χ3v) is 4.02. The molecule has 3 amide bonds. The largest absolute Gasteiger partial charge is 0.497 e. The SMILES string of the molecule is C=C(CCN)N1C(=O)CN(/N=C/c2ccc(-c3ccc(OC)cc3)o2)C1=O. The minimum absolute atomic E-state index is 0.148. The Morgan fingerprint density at radius 1 is 1.30 bits per heavy atom. The number of nitrogens with zero attached hydrogens (tertiary/aromatic N) is 3. The number of amides is 3. The van der Waals surface area contributed by atoms with Gasteiger partial charge in [-0.3, -0.25) is 4.79 Å². The maximum Gasteiger partial charge on any atom is 0.352 e. The summed E-state index contributed by atoms with van der Waals surface area (Å²) in [4.78, 5) is 25.3. The summed E-state index contributed by atoms with van der Waals surface area (Å²) in [5, 5.41) is 5.13. The molecule has 0 spiro atoms. The number of imide groups is 1. The second kappa shape index (κ2) is 7.88. The monoisotopic (exact) mass is 368 g/mol. The van der Waals surface area contributed by atoms with Gasteiger partial charge in [-0.2, -0.15) is 5.10 Å². The predicted molar refractivity (Wildman–Crippen MR) is 100 cm³/mol. The summed E-state index contributed by atoms with van der Waals surface area (Å²) in [6.45, 7) is 3.88. The first-order valence-electron chi connectivity index (χ1n) is 8.34. The number of furan rings is 1. The number of hydrazone groups is 1. The Morgan fingerprint density at radius 3 is 2.70 bits per heavy atom. The number of carbonyl (C=O) groups excluding carboxylic acids is 2. The van der Waals surface area contributed by atoms with Gasteiger partial charge < -0.3 is 14.9 Å². The molecule has 0 aliphatic carbocycles. The van der Waals surface area contributed by atoms with E-state index in [1.807, 2.05) is 24.3 Å². The van der Waals surface area contributed by atoms with E-state index in [2.05, 4.69) is 11.7 Å². The Labute approximate surface area is 156 Å². The number of ether oxygens (including phenoxy) is 1. The fourth-order valence-corrected chi connectivity index (χ4v) is 2.63. The number of hydrogen-bond donors (Lipinski definition) is 1. The van der Waals surface area contributed by atoms with Crippen LogP contribution in [0.15, 0.2) is 58.2 Å². The van der Waals surface area contributed by atoms with Gasteiger partial charge in [0.1, 0.15) is 23.8 Å². The molecule has 1 fully saturated rings. The van der Waals surface area contributed by atoms with Gasteiger partial charge in [0.2, 0.25) is 0 Å². The van der Waals surface area contributed by atoms with Crippen molar-refractivity contribution >= 4 is 18.2 Å². The number of rotatable bonds is 7. The van der Waals surface area contributed by atoms with Crippen molar-refractivity contribution in [2.24, 2.45) is 10.8 Å². The van der Waals surface area contributed by atoms with Gasteiger partial charge in [0.15, 0.2) is 0 Å². The average molecular weight is 368 g/mol. The number of carbonyl (C=O) groups is 2. The van der Waals surface area contributed by atoms with Crippen molar-refractivity contribution < 1.29 is 18.7 Å². The van der Waals surface area contributed by atoms with Gasteiger partial charge in [-0.05, 0) is 49.4 Å². The van der Waals surface area contributed by atoms with Crippen LogP contribution in [0.5, 0.6) is 5.75 Å². The molecule has 3 rings (SSSR count). The summed E-state index contributed by atoms with van der Waals surface area (Å²) < 4.78 is 10.8. The molecule has 1 aromatic carbocycles. The van der Waals surface area contributed by atoms with E-state index >= 15 is 0 Å². The Bertz CT molecular complexity index is 885. The molecule has 2 aromatic rings. The minimum atomic E-state index is -0.545. The lowest BCUT2D eigenvalue weighted by molar-refractivity contribution is -0.124. The normalized spacial score (nSPS) is 14.4. The molecule has 8 nitrogen and oxygen atoms in total. The second-order valence-corrected chi connectivity index (χ2v) is 5.85. The fraction of sp³-hybridized carbons (Fsp3) is 0.211. The average Bonchev–Trinajstić information content (AvgIpc) is 3.24. The Morgan fingerprint density at radius 2 is 2.04 bits per heavy atom. The van der Waals surface area contributed by atoms with Crippen molar-refractivity contribution in [3.05, 3.63) is 54.4 Å². The minimum Gasteiger partial charge on any atom is -0.497 e. The number of hydrogen-bond acceptors (Lipinski definition) is 6. The number of benzene rings is 1. The first-order chi connectivity index (χ1) is 13.0. The zero-order chi connectivity index (χ0) is 19.4. The molecule has 0 bridgehead atoms. The molecule has 0 unspecified atom stereocenters. The van der Waals surface area contributed by atoms with Gasteiger partial charge in [0.25, 0.3) is 5.91 Å². The molecular weight excluding hydrogens is 348 g/mol. The maximum absolute atomic E-state index is 12.3. The van der Waals surface area contributed by atoms with E-state index in [1.165, 1.54) is 6.21 Å².